The Morgan fingerprint density at radius 3 is 1.79 bits per heavy atom. The average Bonchev–Trinajstić information content (AvgIpc) is 2.84. The Hall–Kier alpha value is -0.0800. The summed E-state index contributed by atoms with van der Waals surface area (Å²) in [5.74, 6) is 3.23. The molecule has 0 aliphatic carbocycles. The first-order valence-corrected chi connectivity index (χ1v) is 10.6. The fourth-order valence-electron chi connectivity index (χ4n) is 6.29. The van der Waals surface area contributed by atoms with E-state index in [1.807, 2.05) is 0 Å². The van der Waals surface area contributed by atoms with Crippen LogP contribution in [0.1, 0.15) is 74.7 Å². The van der Waals surface area contributed by atoms with Crippen molar-refractivity contribution in [3.05, 3.63) is 0 Å². The number of likely N-dealkylation sites (tertiary alicyclic amines) is 1. The molecule has 0 N–H and O–H groups in total. The summed E-state index contributed by atoms with van der Waals surface area (Å²) in [5, 5.41) is 0. The van der Waals surface area contributed by atoms with Crippen LogP contribution in [0.25, 0.3) is 0 Å². The lowest BCUT2D eigenvalue weighted by atomic mass is 9.54. The summed E-state index contributed by atoms with van der Waals surface area (Å²) in [7, 11) is 0. The van der Waals surface area contributed by atoms with Gasteiger partial charge in [-0.15, -0.1) is 0 Å². The summed E-state index contributed by atoms with van der Waals surface area (Å²) in [6, 6.07) is 0. The Morgan fingerprint density at radius 2 is 1.38 bits per heavy atom. The second-order valence-electron chi connectivity index (χ2n) is 9.78. The number of hydrogen-bond donors (Lipinski definition) is 0. The van der Waals surface area contributed by atoms with Crippen molar-refractivity contribution >= 4 is 0 Å². The van der Waals surface area contributed by atoms with Gasteiger partial charge in [-0.1, -0.05) is 61.8 Å². The topological polar surface area (TPSA) is 12.5 Å². The molecule has 2 rings (SSSR count). The van der Waals surface area contributed by atoms with Crippen LogP contribution >= 0.6 is 0 Å². The molecule has 0 saturated carbocycles. The van der Waals surface area contributed by atoms with Crippen molar-refractivity contribution in [3.63, 3.8) is 0 Å². The van der Waals surface area contributed by atoms with Crippen molar-refractivity contribution in [2.45, 2.75) is 86.9 Å². The van der Waals surface area contributed by atoms with Crippen LogP contribution in [0.3, 0.4) is 0 Å². The van der Waals surface area contributed by atoms with Gasteiger partial charge in [0, 0.05) is 12.0 Å². The van der Waals surface area contributed by atoms with Gasteiger partial charge in [-0.25, -0.2) is 0 Å². The first kappa shape index (κ1) is 20.2. The van der Waals surface area contributed by atoms with Crippen LogP contribution < -0.4 is 0 Å². The maximum Gasteiger partial charge on any atom is 0.0743 e. The van der Waals surface area contributed by atoms with E-state index in [-0.39, 0.29) is 0 Å². The zero-order valence-electron chi connectivity index (χ0n) is 17.6. The van der Waals surface area contributed by atoms with Crippen LogP contribution in [0, 0.1) is 35.0 Å². The molecule has 0 aromatic carbocycles. The van der Waals surface area contributed by atoms with Crippen molar-refractivity contribution < 1.29 is 4.74 Å². The van der Waals surface area contributed by atoms with Gasteiger partial charge in [-0.3, -0.25) is 0 Å². The molecule has 2 nitrogen and oxygen atoms in total. The molecule has 24 heavy (non-hydrogen) atoms. The minimum atomic E-state index is 0.294. The van der Waals surface area contributed by atoms with Gasteiger partial charge in [-0.05, 0) is 55.5 Å². The highest BCUT2D eigenvalue weighted by Crippen LogP contribution is 2.58. The minimum absolute atomic E-state index is 0.294. The van der Waals surface area contributed by atoms with Crippen LogP contribution in [0.4, 0.5) is 0 Å². The molecule has 2 aliphatic rings. The molecule has 0 spiro atoms. The maximum absolute atomic E-state index is 6.90. The molecule has 142 valence electrons. The molecule has 0 bridgehead atoms. The Morgan fingerprint density at radius 1 is 0.833 bits per heavy atom. The lowest BCUT2D eigenvalue weighted by Gasteiger charge is -2.49. The van der Waals surface area contributed by atoms with Crippen molar-refractivity contribution in [1.82, 2.24) is 4.90 Å². The van der Waals surface area contributed by atoms with Crippen molar-refractivity contribution in [3.8, 4) is 0 Å². The summed E-state index contributed by atoms with van der Waals surface area (Å²) in [4.78, 5) is 2.68. The molecule has 2 fully saturated rings. The Kier molecular flexibility index (Phi) is 6.81. The van der Waals surface area contributed by atoms with E-state index >= 15 is 0 Å². The molecule has 0 amide bonds. The van der Waals surface area contributed by atoms with Crippen LogP contribution in [0.5, 0.6) is 0 Å². The van der Waals surface area contributed by atoms with Gasteiger partial charge in [0.05, 0.1) is 12.2 Å². The highest BCUT2D eigenvalue weighted by atomic mass is 16.5. The van der Waals surface area contributed by atoms with Gasteiger partial charge in [-0.2, -0.15) is 0 Å². The normalized spacial score (nSPS) is 31.8. The van der Waals surface area contributed by atoms with E-state index in [9.17, 15) is 0 Å². The summed E-state index contributed by atoms with van der Waals surface area (Å²) in [6.45, 7) is 23.0. The molecular weight excluding hydrogens is 294 g/mol. The van der Waals surface area contributed by atoms with Crippen molar-refractivity contribution in [2.75, 3.05) is 19.6 Å². The van der Waals surface area contributed by atoms with Gasteiger partial charge < -0.3 is 9.64 Å². The fraction of sp³-hybridized carbons (Fsp3) is 1.00. The lowest BCUT2D eigenvalue weighted by molar-refractivity contribution is -0.0607. The number of nitrogens with zero attached hydrogens (tertiary/aromatic N) is 1. The third-order valence-corrected chi connectivity index (χ3v) is 7.00. The molecule has 0 unspecified atom stereocenters. The van der Waals surface area contributed by atoms with Gasteiger partial charge in [0.25, 0.3) is 0 Å². The predicted molar refractivity (Wildman–Crippen MR) is 104 cm³/mol. The van der Waals surface area contributed by atoms with E-state index < -0.39 is 0 Å². The van der Waals surface area contributed by atoms with Gasteiger partial charge in [0.1, 0.15) is 0 Å². The quantitative estimate of drug-likeness (QED) is 0.637. The first-order valence-electron chi connectivity index (χ1n) is 10.6. The highest BCUT2D eigenvalue weighted by Gasteiger charge is 2.60. The summed E-state index contributed by atoms with van der Waals surface area (Å²) in [5.41, 5.74) is 0.294. The number of ether oxygens (including phenoxy) is 1. The molecule has 2 heteroatoms. The molecule has 3 atom stereocenters. The van der Waals surface area contributed by atoms with E-state index in [4.69, 9.17) is 4.74 Å². The third-order valence-electron chi connectivity index (χ3n) is 7.00. The Bertz CT molecular complexity index is 373. The van der Waals surface area contributed by atoms with E-state index in [2.05, 4.69) is 60.3 Å². The van der Waals surface area contributed by atoms with Crippen LogP contribution in [-0.4, -0.2) is 36.7 Å². The largest absolute Gasteiger partial charge is 0.372 e. The Labute approximate surface area is 151 Å². The van der Waals surface area contributed by atoms with E-state index in [0.717, 1.165) is 6.54 Å². The van der Waals surface area contributed by atoms with Crippen LogP contribution in [0.15, 0.2) is 0 Å². The molecule has 2 aliphatic heterocycles. The van der Waals surface area contributed by atoms with Gasteiger partial charge in [0.15, 0.2) is 0 Å². The number of rotatable bonds is 6. The van der Waals surface area contributed by atoms with E-state index in [1.54, 1.807) is 0 Å². The Balaban J connectivity index is 2.35. The summed E-state index contributed by atoms with van der Waals surface area (Å²) in [6.07, 6.45) is 4.94. The van der Waals surface area contributed by atoms with Crippen molar-refractivity contribution in [1.29, 1.82) is 0 Å². The number of piperidine rings is 1. The monoisotopic (exact) mass is 337 g/mol. The summed E-state index contributed by atoms with van der Waals surface area (Å²) < 4.78 is 6.90. The van der Waals surface area contributed by atoms with Crippen LogP contribution in [-0.2, 0) is 4.74 Å². The van der Waals surface area contributed by atoms with Gasteiger partial charge >= 0.3 is 0 Å². The van der Waals surface area contributed by atoms with E-state index in [1.165, 1.54) is 32.4 Å². The summed E-state index contributed by atoms with van der Waals surface area (Å²) >= 11 is 0. The molecule has 2 saturated heterocycles. The zero-order valence-corrected chi connectivity index (χ0v) is 17.6. The van der Waals surface area contributed by atoms with Crippen LogP contribution in [0.2, 0.25) is 0 Å². The van der Waals surface area contributed by atoms with Gasteiger partial charge in [0.2, 0.25) is 0 Å². The molecule has 0 aromatic rings. The predicted octanol–water partition coefficient (Wildman–Crippen LogP) is 5.47. The lowest BCUT2D eigenvalue weighted by Crippen LogP contribution is -2.50. The minimum Gasteiger partial charge on any atom is -0.372 e. The first-order chi connectivity index (χ1) is 11.2. The fourth-order valence-corrected chi connectivity index (χ4v) is 6.29. The molecule has 0 aromatic heterocycles. The third kappa shape index (κ3) is 3.56. The highest BCUT2D eigenvalue weighted by molar-refractivity contribution is 5.07. The number of hydrogen-bond acceptors (Lipinski definition) is 2. The average molecular weight is 338 g/mol. The van der Waals surface area contributed by atoms with E-state index in [0.29, 0.717) is 47.2 Å². The smallest absolute Gasteiger partial charge is 0.0743 e. The second kappa shape index (κ2) is 8.08. The molecule has 2 heterocycles. The second-order valence-corrected chi connectivity index (χ2v) is 9.78. The zero-order chi connectivity index (χ0) is 18.1. The molecular formula is C22H43NO. The maximum atomic E-state index is 6.90. The van der Waals surface area contributed by atoms with Crippen molar-refractivity contribution in [2.24, 2.45) is 35.0 Å². The standard InChI is InChI=1S/C22H43NO/c1-15(2)20-19(14-23-12-10-9-11-13-23)24-21(16(3)4)22(20,17(5)6)18(7)8/h15-21H,9-14H2,1-8H3/t19-,20-,21+/m1/s1. The molecule has 0 radical (unpaired) electrons. The SMILES string of the molecule is CC(C)[C@@H]1[C@@H](CN2CCCCC2)O[C@@H](C(C)C)C1(C(C)C)C(C)C.